The van der Waals surface area contributed by atoms with Gasteiger partial charge in [-0.05, 0) is 88.0 Å². The largest absolute Gasteiger partial charge is 0.455 e. The van der Waals surface area contributed by atoms with Crippen molar-refractivity contribution >= 4 is 67.5 Å². The van der Waals surface area contributed by atoms with Crippen LogP contribution in [0, 0.1) is 12.8 Å². The van der Waals surface area contributed by atoms with Crippen LogP contribution in [0.1, 0.15) is 43.0 Å². The van der Waals surface area contributed by atoms with Gasteiger partial charge in [0.25, 0.3) is 0 Å². The average molecular weight is 708 g/mol. The molecule has 0 radical (unpaired) electrons. The molecule has 0 N–H and O–H groups in total. The Kier molecular flexibility index (Phi) is 5.20. The summed E-state index contributed by atoms with van der Waals surface area (Å²) in [5.74, 6) is -0.482. The summed E-state index contributed by atoms with van der Waals surface area (Å²) >= 11 is 0. The first-order valence-electron chi connectivity index (χ1n) is 21.1. The molecule has 0 amide bonds. The quantitative estimate of drug-likeness (QED) is 0.102. The Bertz CT molecular complexity index is 3250. The fourth-order valence-electron chi connectivity index (χ4n) is 9.53. The lowest BCUT2D eigenvalue weighted by Crippen LogP contribution is -2.72. The summed E-state index contributed by atoms with van der Waals surface area (Å²) in [6, 6.07) is 40.6. The highest BCUT2D eigenvalue weighted by molar-refractivity contribution is 6.88. The molecule has 0 bridgehead atoms. The highest BCUT2D eigenvalue weighted by Gasteiger charge is 2.67. The molecule has 53 heavy (non-hydrogen) atoms. The van der Waals surface area contributed by atoms with Gasteiger partial charge in [-0.25, -0.2) is 0 Å². The number of fused-ring (bicyclic) bond motifs is 21. The van der Waals surface area contributed by atoms with E-state index in [1.807, 2.05) is 19.9 Å². The summed E-state index contributed by atoms with van der Waals surface area (Å²) in [6.45, 7) is 8.07. The topological polar surface area (TPSA) is 20.9 Å². The predicted octanol–water partition coefficient (Wildman–Crippen LogP) is 10.9. The number of aromatic nitrogens is 2. The minimum atomic E-state index is -2.58. The van der Waals surface area contributed by atoms with E-state index in [-0.39, 0.29) is 11.1 Å². The molecule has 0 saturated carbocycles. The Hall–Kier alpha value is -5.58. The van der Waals surface area contributed by atoms with Crippen LogP contribution in [-0.2, 0) is 12.0 Å². The fraction of sp³-hybridized carbons (Fsp3) is 0.184. The first-order chi connectivity index (χ1) is 27.6. The molecule has 0 fully saturated rings. The normalized spacial score (nSPS) is 18.0. The van der Waals surface area contributed by atoms with Crippen molar-refractivity contribution in [2.45, 2.75) is 52.4 Å². The monoisotopic (exact) mass is 707 g/mol. The van der Waals surface area contributed by atoms with E-state index < -0.39 is 32.9 Å². The number of hydrogen-bond donors (Lipinski definition) is 0. The third-order valence-corrected chi connectivity index (χ3v) is 13.8. The van der Waals surface area contributed by atoms with Crippen LogP contribution in [0.2, 0.25) is 19.6 Å². The minimum absolute atomic E-state index is 0.0141. The second kappa shape index (κ2) is 10.5. The molecule has 256 valence electrons. The Morgan fingerprint density at radius 3 is 2.08 bits per heavy atom. The zero-order valence-corrected chi connectivity index (χ0v) is 31.5. The van der Waals surface area contributed by atoms with Crippen LogP contribution >= 0.6 is 0 Å². The molecule has 0 aliphatic carbocycles. The van der Waals surface area contributed by atoms with Crippen LogP contribution in [0.5, 0.6) is 0 Å². The molecule has 1 atom stereocenters. The molecule has 3 nitrogen and oxygen atoms in total. The first-order valence-corrected chi connectivity index (χ1v) is 22.1. The van der Waals surface area contributed by atoms with Crippen molar-refractivity contribution < 1.29 is 20.4 Å². The molecule has 6 aromatic carbocycles. The first kappa shape index (κ1) is 26.2. The molecule has 11 rings (SSSR count). The molecule has 2 aliphatic rings. The van der Waals surface area contributed by atoms with E-state index in [2.05, 4.69) is 144 Å². The van der Waals surface area contributed by atoms with Crippen LogP contribution in [0.4, 0.5) is 0 Å². The van der Waals surface area contributed by atoms with Crippen molar-refractivity contribution in [2.24, 2.45) is 5.92 Å². The number of hydrogen-bond acceptors (Lipinski definition) is 1. The van der Waals surface area contributed by atoms with E-state index in [4.69, 9.17) is 8.53 Å². The summed E-state index contributed by atoms with van der Waals surface area (Å²) in [7, 11) is -1.84. The number of pyridine rings is 2. The predicted molar refractivity (Wildman–Crippen MR) is 222 cm³/mol. The highest BCUT2D eigenvalue weighted by Crippen LogP contribution is 2.52. The second-order valence-corrected chi connectivity index (χ2v) is 21.3. The summed E-state index contributed by atoms with van der Waals surface area (Å²) in [5.41, 5.74) is 6.31. The number of nitrogens with zero attached hydrogens (tertiary/aromatic N) is 2. The maximum absolute atomic E-state index is 9.39. The van der Waals surface area contributed by atoms with Gasteiger partial charge in [-0.3, -0.25) is 0 Å². The average Bonchev–Trinajstić information content (AvgIpc) is 3.83. The summed E-state index contributed by atoms with van der Waals surface area (Å²) in [4.78, 5) is 0. The molecule has 9 aromatic rings. The van der Waals surface area contributed by atoms with E-state index in [0.717, 1.165) is 66.2 Å². The third kappa shape index (κ3) is 3.94. The van der Waals surface area contributed by atoms with Crippen LogP contribution in [0.15, 0.2) is 132 Å². The Morgan fingerprint density at radius 1 is 0.679 bits per heavy atom. The lowest BCUT2D eigenvalue weighted by atomic mass is 9.88. The second-order valence-electron chi connectivity index (χ2n) is 16.2. The van der Waals surface area contributed by atoms with Gasteiger partial charge in [-0.1, -0.05) is 100 Å². The molecule has 1 spiro atoms. The van der Waals surface area contributed by atoms with Crippen LogP contribution < -0.4 is 14.3 Å². The Labute approximate surface area is 317 Å². The van der Waals surface area contributed by atoms with Gasteiger partial charge < -0.3 is 4.42 Å². The van der Waals surface area contributed by atoms with Gasteiger partial charge in [0.1, 0.15) is 27.9 Å². The molecule has 1 unspecified atom stereocenters. The third-order valence-electron chi connectivity index (χ3n) is 11.8. The Morgan fingerprint density at radius 2 is 1.34 bits per heavy atom. The van der Waals surface area contributed by atoms with Gasteiger partial charge in [-0.2, -0.15) is 0 Å². The smallest absolute Gasteiger partial charge is 0.417 e. The van der Waals surface area contributed by atoms with Gasteiger partial charge in [0.05, 0.1) is 13.6 Å². The Balaban J connectivity index is 1.36. The molecule has 2 aliphatic heterocycles. The zero-order chi connectivity index (χ0) is 40.3. The van der Waals surface area contributed by atoms with Gasteiger partial charge in [0.2, 0.25) is 11.4 Å². The highest BCUT2D eigenvalue weighted by atomic mass is 28.3. The molecular formula is C49H42N2OSi+2. The summed E-state index contributed by atoms with van der Waals surface area (Å²) in [6.07, 6.45) is 2.09. The molecular weight excluding hydrogens is 661 g/mol. The maximum atomic E-state index is 9.39. The van der Waals surface area contributed by atoms with Crippen molar-refractivity contribution in [2.75, 3.05) is 0 Å². The molecule has 0 saturated heterocycles. The van der Waals surface area contributed by atoms with E-state index >= 15 is 0 Å². The van der Waals surface area contributed by atoms with Crippen LogP contribution in [-0.4, -0.2) is 8.07 Å². The van der Waals surface area contributed by atoms with Crippen molar-refractivity contribution in [3.05, 3.63) is 150 Å². The molecule has 3 aromatic heterocycles. The lowest BCUT2D eigenvalue weighted by molar-refractivity contribution is -0.954. The lowest BCUT2D eigenvalue weighted by Gasteiger charge is -2.20. The number of benzene rings is 6. The van der Waals surface area contributed by atoms with Crippen molar-refractivity contribution in [1.29, 1.82) is 0 Å². The van der Waals surface area contributed by atoms with Crippen molar-refractivity contribution in [1.82, 2.24) is 0 Å². The van der Waals surface area contributed by atoms with E-state index in [0.29, 0.717) is 5.58 Å². The fourth-order valence-corrected chi connectivity index (χ4v) is 10.6. The van der Waals surface area contributed by atoms with Crippen molar-refractivity contribution in [3.63, 3.8) is 0 Å². The molecule has 4 heteroatoms. The van der Waals surface area contributed by atoms with Gasteiger partial charge >= 0.3 is 5.66 Å². The molecule has 5 heterocycles. The maximum Gasteiger partial charge on any atom is 0.417 e. The SMILES string of the molecule is [2H]C([2H])([2H])c1c[n+]2c(cc1C([2H])([2H])C(C)C)-c1c(ccc3c1oc1ccc4c5ccccc5c5ccccc5c4c13)C21c2ccccc2-c2ccc([Si](C)(C)C)c[n+]21. The zero-order valence-electron chi connectivity index (χ0n) is 35.5. The van der Waals surface area contributed by atoms with Crippen molar-refractivity contribution in [3.8, 4) is 22.5 Å². The summed E-state index contributed by atoms with van der Waals surface area (Å²) in [5, 5.41) is 10.3. The van der Waals surface area contributed by atoms with Crippen LogP contribution in [0.3, 0.4) is 0 Å². The summed E-state index contributed by atoms with van der Waals surface area (Å²) < 4.78 is 57.0. The van der Waals surface area contributed by atoms with E-state index in [1.54, 1.807) is 6.20 Å². The standard InChI is InChI=1S/C49H42N2OSi/c1-29(2)25-31-26-43-47-41(49(50(43)27-30(31)3)40-18-12-11-17-38(40)42-23-19-32(28-51(42)49)53(4,5)6)22-20-39-46-44(52-48(39)47)24-21-37-35-15-8-7-13-33(35)34-14-9-10-16-36(34)45(37)46/h7-24,26-29H,25H2,1-6H3/q+2/i3D3,25D2. The number of furan rings is 1. The van der Waals surface area contributed by atoms with Gasteiger partial charge in [-0.15, -0.1) is 9.13 Å². The van der Waals surface area contributed by atoms with E-state index in [1.165, 1.54) is 21.3 Å². The number of rotatable bonds is 3. The number of aryl methyl sites for hydroxylation is 1. The van der Waals surface area contributed by atoms with E-state index in [9.17, 15) is 2.74 Å². The van der Waals surface area contributed by atoms with Crippen LogP contribution in [0.25, 0.3) is 76.8 Å². The van der Waals surface area contributed by atoms with Gasteiger partial charge in [0, 0.05) is 45.9 Å². The minimum Gasteiger partial charge on any atom is -0.455 e. The van der Waals surface area contributed by atoms with Gasteiger partial charge in [0.15, 0.2) is 12.4 Å².